The number of carbonyl (C=O) groups is 2. The van der Waals surface area contributed by atoms with Crippen molar-refractivity contribution in [1.82, 2.24) is 15.1 Å². The normalized spacial score (nSPS) is 13.8. The summed E-state index contributed by atoms with van der Waals surface area (Å²) in [4.78, 5) is 25.2. The van der Waals surface area contributed by atoms with Crippen molar-refractivity contribution in [1.29, 1.82) is 0 Å². The minimum atomic E-state index is -1.07. The van der Waals surface area contributed by atoms with E-state index in [1.54, 1.807) is 17.0 Å². The van der Waals surface area contributed by atoms with Crippen LogP contribution in [0.2, 0.25) is 10.0 Å². The quantitative estimate of drug-likeness (QED) is 0.880. The number of carboxylic acids is 1. The summed E-state index contributed by atoms with van der Waals surface area (Å²) in [6, 6.07) is 4.71. The Hall–Kier alpha value is -2.05. The standard InChI is InChI=1S/C14H11Cl2N3O3/c15-7-1-2-8(10(16)5-7)13(20)19-4-3-9-11(6-19)17-18-12(9)14(21)22/h1-2,5H,3-4,6H2,(H,17,18)(H,21,22). The van der Waals surface area contributed by atoms with E-state index in [-0.39, 0.29) is 18.1 Å². The molecule has 22 heavy (non-hydrogen) atoms. The highest BCUT2D eigenvalue weighted by Gasteiger charge is 2.28. The van der Waals surface area contributed by atoms with Crippen molar-refractivity contribution in [2.24, 2.45) is 0 Å². The van der Waals surface area contributed by atoms with E-state index in [1.165, 1.54) is 6.07 Å². The molecular weight excluding hydrogens is 329 g/mol. The van der Waals surface area contributed by atoms with Crippen LogP contribution >= 0.6 is 23.2 Å². The monoisotopic (exact) mass is 339 g/mol. The molecule has 0 atom stereocenters. The van der Waals surface area contributed by atoms with E-state index in [0.29, 0.717) is 39.8 Å². The molecule has 2 N–H and O–H groups in total. The van der Waals surface area contributed by atoms with Gasteiger partial charge in [-0.15, -0.1) is 0 Å². The van der Waals surface area contributed by atoms with Gasteiger partial charge >= 0.3 is 5.97 Å². The van der Waals surface area contributed by atoms with Crippen molar-refractivity contribution in [3.05, 3.63) is 50.8 Å². The van der Waals surface area contributed by atoms with E-state index < -0.39 is 5.97 Å². The fraction of sp³-hybridized carbons (Fsp3) is 0.214. The molecule has 8 heteroatoms. The molecule has 1 amide bonds. The molecular formula is C14H11Cl2N3O3. The van der Waals surface area contributed by atoms with Crippen LogP contribution in [0.5, 0.6) is 0 Å². The molecule has 0 bridgehead atoms. The molecule has 0 radical (unpaired) electrons. The van der Waals surface area contributed by atoms with E-state index in [4.69, 9.17) is 28.3 Å². The number of amides is 1. The summed E-state index contributed by atoms with van der Waals surface area (Å²) >= 11 is 11.9. The zero-order valence-corrected chi connectivity index (χ0v) is 12.8. The van der Waals surface area contributed by atoms with Crippen LogP contribution in [0.1, 0.15) is 32.1 Å². The Morgan fingerprint density at radius 2 is 2.09 bits per heavy atom. The molecule has 0 saturated carbocycles. The zero-order chi connectivity index (χ0) is 15.9. The fourth-order valence-electron chi connectivity index (χ4n) is 2.50. The largest absolute Gasteiger partial charge is 0.476 e. The third-order valence-corrected chi connectivity index (χ3v) is 4.13. The van der Waals surface area contributed by atoms with Gasteiger partial charge in [-0.1, -0.05) is 23.2 Å². The smallest absolute Gasteiger partial charge is 0.356 e. The van der Waals surface area contributed by atoms with Gasteiger partial charge in [-0.3, -0.25) is 9.89 Å². The van der Waals surface area contributed by atoms with Crippen LogP contribution in [0.3, 0.4) is 0 Å². The van der Waals surface area contributed by atoms with Gasteiger partial charge in [-0.05, 0) is 24.6 Å². The third-order valence-electron chi connectivity index (χ3n) is 3.58. The molecule has 0 saturated heterocycles. The highest BCUT2D eigenvalue weighted by molar-refractivity contribution is 6.36. The number of hydrogen-bond donors (Lipinski definition) is 2. The van der Waals surface area contributed by atoms with Crippen LogP contribution in [0, 0.1) is 0 Å². The average molecular weight is 340 g/mol. The van der Waals surface area contributed by atoms with Crippen LogP contribution in [-0.2, 0) is 13.0 Å². The first-order valence-electron chi connectivity index (χ1n) is 6.51. The highest BCUT2D eigenvalue weighted by Crippen LogP contribution is 2.26. The van der Waals surface area contributed by atoms with Crippen LogP contribution in [0.15, 0.2) is 18.2 Å². The van der Waals surface area contributed by atoms with Gasteiger partial charge in [0.15, 0.2) is 5.69 Å². The predicted octanol–water partition coefficient (Wildman–Crippen LogP) is 2.61. The van der Waals surface area contributed by atoms with Crippen molar-refractivity contribution in [2.75, 3.05) is 6.54 Å². The Balaban J connectivity index is 1.85. The minimum absolute atomic E-state index is 0.0200. The van der Waals surface area contributed by atoms with Gasteiger partial charge in [0.05, 0.1) is 22.8 Å². The molecule has 1 aliphatic rings. The maximum absolute atomic E-state index is 12.5. The first kappa shape index (κ1) is 14.9. The van der Waals surface area contributed by atoms with Gasteiger partial charge in [0.2, 0.25) is 0 Å². The number of halogens is 2. The van der Waals surface area contributed by atoms with E-state index in [2.05, 4.69) is 10.2 Å². The number of aromatic carboxylic acids is 1. The maximum atomic E-state index is 12.5. The summed E-state index contributed by atoms with van der Waals surface area (Å²) < 4.78 is 0. The third kappa shape index (κ3) is 2.55. The Bertz CT molecular complexity index is 773. The SMILES string of the molecule is O=C(O)c1n[nH]c2c1CCN(C(=O)c1ccc(Cl)cc1Cl)C2. The van der Waals surface area contributed by atoms with Crippen molar-refractivity contribution in [3.8, 4) is 0 Å². The van der Waals surface area contributed by atoms with Gasteiger partial charge in [0, 0.05) is 17.1 Å². The Morgan fingerprint density at radius 3 is 2.77 bits per heavy atom. The second kappa shape index (κ2) is 5.62. The second-order valence-electron chi connectivity index (χ2n) is 4.94. The van der Waals surface area contributed by atoms with Gasteiger partial charge in [-0.25, -0.2) is 4.79 Å². The number of benzene rings is 1. The summed E-state index contributed by atoms with van der Waals surface area (Å²) in [6.45, 7) is 0.679. The molecule has 114 valence electrons. The van der Waals surface area contributed by atoms with Gasteiger partial charge in [0.1, 0.15) is 0 Å². The molecule has 0 fully saturated rings. The Kier molecular flexibility index (Phi) is 3.80. The lowest BCUT2D eigenvalue weighted by molar-refractivity contribution is 0.0689. The number of fused-ring (bicyclic) bond motifs is 1. The number of nitrogens with one attached hydrogen (secondary N) is 1. The number of aromatic amines is 1. The molecule has 1 aromatic carbocycles. The van der Waals surface area contributed by atoms with Crippen LogP contribution in [-0.4, -0.2) is 38.6 Å². The van der Waals surface area contributed by atoms with E-state index in [0.717, 1.165) is 0 Å². The summed E-state index contributed by atoms with van der Waals surface area (Å²) in [7, 11) is 0. The summed E-state index contributed by atoms with van der Waals surface area (Å²) in [5, 5.41) is 16.3. The predicted molar refractivity (Wildman–Crippen MR) is 80.5 cm³/mol. The summed E-state index contributed by atoms with van der Waals surface area (Å²) in [5.41, 5.74) is 1.68. The topological polar surface area (TPSA) is 86.3 Å². The lowest BCUT2D eigenvalue weighted by Crippen LogP contribution is -2.36. The van der Waals surface area contributed by atoms with Crippen molar-refractivity contribution in [2.45, 2.75) is 13.0 Å². The first-order valence-corrected chi connectivity index (χ1v) is 7.26. The first-order chi connectivity index (χ1) is 10.5. The minimum Gasteiger partial charge on any atom is -0.476 e. The molecule has 1 aliphatic heterocycles. The van der Waals surface area contributed by atoms with Crippen LogP contribution < -0.4 is 0 Å². The number of rotatable bonds is 2. The molecule has 2 heterocycles. The number of H-pyrrole nitrogens is 1. The van der Waals surface area contributed by atoms with E-state index in [9.17, 15) is 9.59 Å². The van der Waals surface area contributed by atoms with Crippen LogP contribution in [0.25, 0.3) is 0 Å². The zero-order valence-electron chi connectivity index (χ0n) is 11.3. The lowest BCUT2D eigenvalue weighted by atomic mass is 10.0. The molecule has 1 aromatic heterocycles. The summed E-state index contributed by atoms with van der Waals surface area (Å²) in [6.07, 6.45) is 0.435. The molecule has 0 unspecified atom stereocenters. The molecule has 6 nitrogen and oxygen atoms in total. The molecule has 3 rings (SSSR count). The number of aromatic nitrogens is 2. The van der Waals surface area contributed by atoms with Crippen molar-refractivity contribution < 1.29 is 14.7 Å². The summed E-state index contributed by atoms with van der Waals surface area (Å²) in [5.74, 6) is -1.29. The average Bonchev–Trinajstić information content (AvgIpc) is 2.89. The van der Waals surface area contributed by atoms with Gasteiger partial charge < -0.3 is 10.0 Å². The van der Waals surface area contributed by atoms with E-state index >= 15 is 0 Å². The van der Waals surface area contributed by atoms with Gasteiger partial charge in [0.25, 0.3) is 5.91 Å². The maximum Gasteiger partial charge on any atom is 0.356 e. The highest BCUT2D eigenvalue weighted by atomic mass is 35.5. The Morgan fingerprint density at radius 1 is 1.32 bits per heavy atom. The number of carboxylic acid groups (broad SMARTS) is 1. The van der Waals surface area contributed by atoms with Crippen LogP contribution in [0.4, 0.5) is 0 Å². The van der Waals surface area contributed by atoms with E-state index in [1.807, 2.05) is 0 Å². The second-order valence-corrected chi connectivity index (χ2v) is 5.78. The molecule has 0 aliphatic carbocycles. The number of carbonyl (C=O) groups excluding carboxylic acids is 1. The lowest BCUT2D eigenvalue weighted by Gasteiger charge is -2.27. The van der Waals surface area contributed by atoms with Crippen molar-refractivity contribution >= 4 is 35.1 Å². The van der Waals surface area contributed by atoms with Crippen molar-refractivity contribution in [3.63, 3.8) is 0 Å². The molecule has 2 aromatic rings. The Labute approximate surface area is 135 Å². The number of hydrogen-bond acceptors (Lipinski definition) is 3. The number of nitrogens with zero attached hydrogens (tertiary/aromatic N) is 2. The van der Waals surface area contributed by atoms with Gasteiger partial charge in [-0.2, -0.15) is 5.10 Å². The molecule has 0 spiro atoms. The fourth-order valence-corrected chi connectivity index (χ4v) is 2.99.